The molecule has 0 N–H and O–H groups in total. The molecular weight excluding hydrogens is 438 g/mol. The summed E-state index contributed by atoms with van der Waals surface area (Å²) >= 11 is 0. The van der Waals surface area contributed by atoms with E-state index in [1.807, 2.05) is 42.5 Å². The molecule has 7 heteroatoms. The van der Waals surface area contributed by atoms with Crippen LogP contribution in [-0.2, 0) is 22.9 Å². The fourth-order valence-electron chi connectivity index (χ4n) is 4.13. The van der Waals surface area contributed by atoms with Crippen LogP contribution in [0.1, 0.15) is 28.3 Å². The van der Waals surface area contributed by atoms with Crippen LogP contribution in [0.5, 0.6) is 5.75 Å². The van der Waals surface area contributed by atoms with Crippen LogP contribution >= 0.6 is 0 Å². The van der Waals surface area contributed by atoms with Crippen LogP contribution in [0.25, 0.3) is 10.8 Å². The van der Waals surface area contributed by atoms with Gasteiger partial charge in [-0.05, 0) is 71.6 Å². The molecule has 33 heavy (non-hydrogen) atoms. The molecular formula is C26H23NO5S. The van der Waals surface area contributed by atoms with E-state index in [1.54, 1.807) is 35.2 Å². The summed E-state index contributed by atoms with van der Waals surface area (Å²) in [7, 11) is -3.30. The number of furan rings is 1. The molecule has 4 aromatic rings. The van der Waals surface area contributed by atoms with Crippen molar-refractivity contribution in [3.05, 3.63) is 89.9 Å². The van der Waals surface area contributed by atoms with Gasteiger partial charge in [-0.2, -0.15) is 0 Å². The highest BCUT2D eigenvalue weighted by Crippen LogP contribution is 2.31. The van der Waals surface area contributed by atoms with Gasteiger partial charge >= 0.3 is 0 Å². The quantitative estimate of drug-likeness (QED) is 0.418. The Morgan fingerprint density at radius 3 is 2.64 bits per heavy atom. The Bertz CT molecular complexity index is 1450. The van der Waals surface area contributed by atoms with E-state index in [2.05, 4.69) is 0 Å². The van der Waals surface area contributed by atoms with Crippen LogP contribution in [0.4, 0.5) is 5.69 Å². The first-order chi connectivity index (χ1) is 15.9. The molecule has 6 nitrogen and oxygen atoms in total. The van der Waals surface area contributed by atoms with Crippen molar-refractivity contribution in [3.8, 4) is 5.75 Å². The number of benzene rings is 3. The number of anilines is 1. The molecule has 0 aliphatic carbocycles. The van der Waals surface area contributed by atoms with E-state index in [0.29, 0.717) is 12.3 Å². The fraction of sp³-hybridized carbons (Fsp3) is 0.192. The van der Waals surface area contributed by atoms with Gasteiger partial charge in [0, 0.05) is 18.5 Å². The Labute approximate surface area is 192 Å². The van der Waals surface area contributed by atoms with Crippen molar-refractivity contribution in [3.63, 3.8) is 0 Å². The minimum absolute atomic E-state index is 0.208. The number of aryl methyl sites for hydroxylation is 1. The van der Waals surface area contributed by atoms with E-state index in [-0.39, 0.29) is 23.2 Å². The predicted molar refractivity (Wildman–Crippen MR) is 127 cm³/mol. The highest BCUT2D eigenvalue weighted by atomic mass is 32.2. The SMILES string of the molecule is CS(=O)(=O)c1ccc2c(c1)CCCN2C(=O)c1ccc(COc2ccc3ccccc3c2)o1. The number of nitrogens with zero attached hydrogens (tertiary/aromatic N) is 1. The van der Waals surface area contributed by atoms with E-state index >= 15 is 0 Å². The van der Waals surface area contributed by atoms with Crippen LogP contribution in [0.3, 0.4) is 0 Å². The summed E-state index contributed by atoms with van der Waals surface area (Å²) in [6.07, 6.45) is 2.67. The van der Waals surface area contributed by atoms with Crippen molar-refractivity contribution >= 4 is 32.2 Å². The average molecular weight is 462 g/mol. The highest BCUT2D eigenvalue weighted by molar-refractivity contribution is 7.90. The number of carbonyl (C=O) groups is 1. The van der Waals surface area contributed by atoms with E-state index in [4.69, 9.17) is 9.15 Å². The van der Waals surface area contributed by atoms with Gasteiger partial charge in [0.15, 0.2) is 15.6 Å². The highest BCUT2D eigenvalue weighted by Gasteiger charge is 2.26. The molecule has 0 bridgehead atoms. The number of hydrogen-bond acceptors (Lipinski definition) is 5. The molecule has 0 radical (unpaired) electrons. The molecule has 1 aromatic heterocycles. The lowest BCUT2D eigenvalue weighted by molar-refractivity contribution is 0.0954. The number of carbonyl (C=O) groups excluding carboxylic acids is 1. The minimum atomic E-state index is -3.30. The topological polar surface area (TPSA) is 76.8 Å². The first-order valence-electron chi connectivity index (χ1n) is 10.7. The summed E-state index contributed by atoms with van der Waals surface area (Å²) in [5, 5.41) is 2.23. The number of fused-ring (bicyclic) bond motifs is 2. The summed E-state index contributed by atoms with van der Waals surface area (Å²) < 4.78 is 35.4. The number of rotatable bonds is 5. The van der Waals surface area contributed by atoms with Gasteiger partial charge in [-0.1, -0.05) is 30.3 Å². The van der Waals surface area contributed by atoms with E-state index < -0.39 is 9.84 Å². The lowest BCUT2D eigenvalue weighted by Gasteiger charge is -2.29. The summed E-state index contributed by atoms with van der Waals surface area (Å²) in [5.74, 6) is 1.26. The standard InChI is InChI=1S/C26H23NO5S/c1-33(29,30)23-11-12-24-20(16-23)7-4-14-27(24)26(28)25-13-10-22(32-25)17-31-21-9-8-18-5-2-3-6-19(18)15-21/h2-3,5-6,8-13,15-16H,4,7,14,17H2,1H3. The second-order valence-corrected chi connectivity index (χ2v) is 10.2. The minimum Gasteiger partial charge on any atom is -0.486 e. The van der Waals surface area contributed by atoms with Gasteiger partial charge in [-0.15, -0.1) is 0 Å². The van der Waals surface area contributed by atoms with Gasteiger partial charge in [-0.25, -0.2) is 8.42 Å². The lowest BCUT2D eigenvalue weighted by Crippen LogP contribution is -2.35. The zero-order valence-corrected chi connectivity index (χ0v) is 19.0. The number of hydrogen-bond donors (Lipinski definition) is 0. The largest absolute Gasteiger partial charge is 0.486 e. The lowest BCUT2D eigenvalue weighted by atomic mass is 10.0. The Morgan fingerprint density at radius 2 is 1.82 bits per heavy atom. The van der Waals surface area contributed by atoms with Crippen LogP contribution < -0.4 is 9.64 Å². The Hall–Kier alpha value is -3.58. The molecule has 1 amide bonds. The average Bonchev–Trinajstić information content (AvgIpc) is 3.30. The van der Waals surface area contributed by atoms with Gasteiger partial charge in [0.1, 0.15) is 18.1 Å². The van der Waals surface area contributed by atoms with Gasteiger partial charge in [0.2, 0.25) is 0 Å². The molecule has 0 unspecified atom stereocenters. The molecule has 5 rings (SSSR count). The predicted octanol–water partition coefficient (Wildman–Crippen LogP) is 5.01. The number of sulfone groups is 1. The van der Waals surface area contributed by atoms with Crippen LogP contribution in [0.2, 0.25) is 0 Å². The van der Waals surface area contributed by atoms with Gasteiger partial charge in [0.05, 0.1) is 4.90 Å². The Kier molecular flexibility index (Phi) is 5.42. The number of ether oxygens (including phenoxy) is 1. The normalized spacial score (nSPS) is 13.7. The first kappa shape index (κ1) is 21.3. The van der Waals surface area contributed by atoms with E-state index in [9.17, 15) is 13.2 Å². The molecule has 0 spiro atoms. The second kappa shape index (κ2) is 8.41. The molecule has 2 heterocycles. The molecule has 0 fully saturated rings. The smallest absolute Gasteiger partial charge is 0.293 e. The Balaban J connectivity index is 1.31. The molecule has 168 valence electrons. The third kappa shape index (κ3) is 4.36. The van der Waals surface area contributed by atoms with Gasteiger partial charge < -0.3 is 14.1 Å². The molecule has 3 aromatic carbocycles. The maximum absolute atomic E-state index is 13.2. The van der Waals surface area contributed by atoms with Crippen molar-refractivity contribution in [2.45, 2.75) is 24.3 Å². The molecule has 1 aliphatic heterocycles. The molecule has 0 saturated heterocycles. The van der Waals surface area contributed by atoms with Crippen molar-refractivity contribution in [2.24, 2.45) is 0 Å². The van der Waals surface area contributed by atoms with Crippen LogP contribution in [-0.4, -0.2) is 27.1 Å². The molecule has 0 saturated carbocycles. The summed E-state index contributed by atoms with van der Waals surface area (Å²) in [6.45, 7) is 0.758. The Morgan fingerprint density at radius 1 is 1.00 bits per heavy atom. The second-order valence-electron chi connectivity index (χ2n) is 8.19. The monoisotopic (exact) mass is 461 g/mol. The summed E-state index contributed by atoms with van der Waals surface area (Å²) in [5.41, 5.74) is 1.58. The van der Waals surface area contributed by atoms with Crippen LogP contribution in [0, 0.1) is 0 Å². The zero-order chi connectivity index (χ0) is 23.0. The summed E-state index contributed by atoms with van der Waals surface area (Å²) in [4.78, 5) is 15.1. The molecule has 0 atom stereocenters. The van der Waals surface area contributed by atoms with Crippen LogP contribution in [0.15, 0.2) is 82.1 Å². The fourth-order valence-corrected chi connectivity index (χ4v) is 4.80. The third-order valence-corrected chi connectivity index (χ3v) is 6.93. The first-order valence-corrected chi connectivity index (χ1v) is 12.6. The van der Waals surface area contributed by atoms with Gasteiger partial charge in [-0.3, -0.25) is 4.79 Å². The number of amides is 1. The summed E-state index contributed by atoms with van der Waals surface area (Å²) in [6, 6.07) is 22.2. The van der Waals surface area contributed by atoms with Crippen molar-refractivity contribution in [2.75, 3.05) is 17.7 Å². The van der Waals surface area contributed by atoms with Crippen molar-refractivity contribution in [1.29, 1.82) is 0 Å². The van der Waals surface area contributed by atoms with Gasteiger partial charge in [0.25, 0.3) is 5.91 Å². The maximum Gasteiger partial charge on any atom is 0.293 e. The van der Waals surface area contributed by atoms with Crippen molar-refractivity contribution < 1.29 is 22.4 Å². The zero-order valence-electron chi connectivity index (χ0n) is 18.2. The molecule has 1 aliphatic rings. The van der Waals surface area contributed by atoms with Crippen molar-refractivity contribution in [1.82, 2.24) is 0 Å². The van der Waals surface area contributed by atoms with E-state index in [1.165, 1.54) is 6.26 Å². The third-order valence-electron chi connectivity index (χ3n) is 5.82. The van der Waals surface area contributed by atoms with E-state index in [0.717, 1.165) is 40.6 Å². The maximum atomic E-state index is 13.2.